The maximum Gasteiger partial charge on any atom is 0.405 e. The number of hydrogen-bond acceptors (Lipinski definition) is 3. The quantitative estimate of drug-likeness (QED) is 0.802. The van der Waals surface area contributed by atoms with Gasteiger partial charge >= 0.3 is 12.1 Å². The molecule has 0 spiro atoms. The molecule has 19 heavy (non-hydrogen) atoms. The Morgan fingerprint density at radius 3 is 2.63 bits per heavy atom. The minimum atomic E-state index is -4.43. The molecule has 0 aliphatic carbocycles. The summed E-state index contributed by atoms with van der Waals surface area (Å²) in [5, 5.41) is 10.7. The molecule has 1 aliphatic rings. The van der Waals surface area contributed by atoms with Crippen LogP contribution in [0.2, 0.25) is 0 Å². The van der Waals surface area contributed by atoms with Crippen molar-refractivity contribution in [2.75, 3.05) is 19.6 Å². The summed E-state index contributed by atoms with van der Waals surface area (Å²) in [6.07, 6.45) is -3.35. The summed E-state index contributed by atoms with van der Waals surface area (Å²) in [5.41, 5.74) is 0. The molecule has 0 radical (unpaired) electrons. The van der Waals surface area contributed by atoms with Crippen molar-refractivity contribution in [1.29, 1.82) is 0 Å². The topological polar surface area (TPSA) is 69.6 Å². The number of nitrogens with one attached hydrogen (secondary N) is 1. The van der Waals surface area contributed by atoms with Crippen LogP contribution in [0.25, 0.3) is 0 Å². The zero-order chi connectivity index (χ0) is 14.6. The molecule has 0 bridgehead atoms. The average Bonchev–Trinajstić information content (AvgIpc) is 2.34. The van der Waals surface area contributed by atoms with Crippen molar-refractivity contribution in [3.8, 4) is 0 Å². The molecular weight excluding hydrogens is 265 g/mol. The van der Waals surface area contributed by atoms with Crippen LogP contribution in [0.5, 0.6) is 0 Å². The molecule has 0 aromatic carbocycles. The minimum absolute atomic E-state index is 0.178. The number of carbonyl (C=O) groups is 2. The second-order valence-electron chi connectivity index (χ2n) is 4.68. The molecule has 0 aromatic rings. The first-order valence-corrected chi connectivity index (χ1v) is 6.02. The number of likely N-dealkylation sites (tertiary alicyclic amines) is 1. The number of carbonyl (C=O) groups excluding carboxylic acids is 1. The van der Waals surface area contributed by atoms with Crippen LogP contribution in [-0.2, 0) is 9.59 Å². The minimum Gasteiger partial charge on any atom is -0.480 e. The number of rotatable bonds is 4. The normalized spacial score (nSPS) is 22.8. The molecule has 0 saturated carbocycles. The fourth-order valence-corrected chi connectivity index (χ4v) is 2.06. The predicted octanol–water partition coefficient (Wildman–Crippen LogP) is 0.850. The number of piperidine rings is 1. The van der Waals surface area contributed by atoms with Gasteiger partial charge in [-0.1, -0.05) is 0 Å². The molecule has 8 heteroatoms. The molecule has 5 nitrogen and oxygen atoms in total. The van der Waals surface area contributed by atoms with Gasteiger partial charge in [0.15, 0.2) is 0 Å². The number of carboxylic acid groups (broad SMARTS) is 1. The van der Waals surface area contributed by atoms with Gasteiger partial charge in [-0.15, -0.1) is 0 Å². The van der Waals surface area contributed by atoms with E-state index in [1.165, 1.54) is 6.92 Å². The summed E-state index contributed by atoms with van der Waals surface area (Å²) < 4.78 is 36.0. The highest BCUT2D eigenvalue weighted by Gasteiger charge is 2.33. The van der Waals surface area contributed by atoms with Crippen molar-refractivity contribution in [3.63, 3.8) is 0 Å². The van der Waals surface area contributed by atoms with Crippen molar-refractivity contribution < 1.29 is 27.9 Å². The van der Waals surface area contributed by atoms with Crippen LogP contribution in [0.15, 0.2) is 0 Å². The third kappa shape index (κ3) is 5.06. The van der Waals surface area contributed by atoms with Gasteiger partial charge in [0.1, 0.15) is 12.6 Å². The van der Waals surface area contributed by atoms with E-state index in [-0.39, 0.29) is 6.54 Å². The van der Waals surface area contributed by atoms with E-state index in [2.05, 4.69) is 0 Å². The molecule has 0 unspecified atom stereocenters. The summed E-state index contributed by atoms with van der Waals surface area (Å²) in [5.74, 6) is -2.26. The van der Waals surface area contributed by atoms with Crippen LogP contribution >= 0.6 is 0 Å². The molecule has 1 rings (SSSR count). The zero-order valence-corrected chi connectivity index (χ0v) is 10.5. The first-order chi connectivity index (χ1) is 8.70. The Balaban J connectivity index is 2.50. The molecule has 1 saturated heterocycles. The maximum atomic E-state index is 12.0. The van der Waals surface area contributed by atoms with Crippen molar-refractivity contribution in [1.82, 2.24) is 10.2 Å². The summed E-state index contributed by atoms with van der Waals surface area (Å²) >= 11 is 0. The Bertz CT molecular complexity index is 347. The largest absolute Gasteiger partial charge is 0.480 e. The second kappa shape index (κ2) is 6.23. The molecule has 0 aromatic heterocycles. The van der Waals surface area contributed by atoms with Crippen LogP contribution in [0.4, 0.5) is 13.2 Å². The standard InChI is InChI=1S/C11H17F3N2O3/c1-7(10(18)19)16-4-2-3-8(5-16)9(17)15-6-11(12,13)14/h7-8H,2-6H2,1H3,(H,15,17)(H,18,19)/t7-,8-/m1/s1. The Morgan fingerprint density at radius 1 is 1.47 bits per heavy atom. The fourth-order valence-electron chi connectivity index (χ4n) is 2.06. The van der Waals surface area contributed by atoms with E-state index in [9.17, 15) is 22.8 Å². The van der Waals surface area contributed by atoms with Crippen molar-refractivity contribution in [2.24, 2.45) is 5.92 Å². The number of alkyl halides is 3. The average molecular weight is 282 g/mol. The molecule has 2 atom stereocenters. The highest BCUT2D eigenvalue weighted by atomic mass is 19.4. The van der Waals surface area contributed by atoms with Gasteiger partial charge in [-0.25, -0.2) is 0 Å². The predicted molar refractivity (Wildman–Crippen MR) is 60.5 cm³/mol. The summed E-state index contributed by atoms with van der Waals surface area (Å²) in [4.78, 5) is 24.0. The van der Waals surface area contributed by atoms with E-state index in [1.807, 2.05) is 5.32 Å². The maximum absolute atomic E-state index is 12.0. The summed E-state index contributed by atoms with van der Waals surface area (Å²) in [7, 11) is 0. The lowest BCUT2D eigenvalue weighted by Gasteiger charge is -2.34. The van der Waals surface area contributed by atoms with Crippen molar-refractivity contribution >= 4 is 11.9 Å². The van der Waals surface area contributed by atoms with Gasteiger partial charge in [0.25, 0.3) is 0 Å². The third-order valence-corrected chi connectivity index (χ3v) is 3.19. The number of carboxylic acids is 1. The Labute approximate surface area is 108 Å². The number of aliphatic carboxylic acids is 1. The van der Waals surface area contributed by atoms with Crippen molar-refractivity contribution in [2.45, 2.75) is 32.0 Å². The van der Waals surface area contributed by atoms with E-state index in [1.54, 1.807) is 4.90 Å². The summed E-state index contributed by atoms with van der Waals surface area (Å²) in [6.45, 7) is 0.864. The molecule has 1 aliphatic heterocycles. The Kier molecular flexibility index (Phi) is 5.16. The van der Waals surface area contributed by atoms with Crippen LogP contribution in [0.1, 0.15) is 19.8 Å². The SMILES string of the molecule is C[C@H](C(=O)O)N1CCC[C@@H](C(=O)NCC(F)(F)F)C1. The monoisotopic (exact) mass is 282 g/mol. The van der Waals surface area contributed by atoms with Gasteiger partial charge in [-0.05, 0) is 26.3 Å². The molecule has 1 amide bonds. The Hall–Kier alpha value is -1.31. The summed E-state index contributed by atoms with van der Waals surface area (Å²) in [6, 6.07) is -0.738. The molecular formula is C11H17F3N2O3. The van der Waals surface area contributed by atoms with Gasteiger partial charge in [0, 0.05) is 6.54 Å². The van der Waals surface area contributed by atoms with E-state index in [0.29, 0.717) is 19.4 Å². The van der Waals surface area contributed by atoms with Crippen LogP contribution in [0.3, 0.4) is 0 Å². The van der Waals surface area contributed by atoms with Gasteiger partial charge in [-0.2, -0.15) is 13.2 Å². The fraction of sp³-hybridized carbons (Fsp3) is 0.818. The zero-order valence-electron chi connectivity index (χ0n) is 10.5. The van der Waals surface area contributed by atoms with Gasteiger partial charge in [0.05, 0.1) is 5.92 Å². The van der Waals surface area contributed by atoms with Gasteiger partial charge < -0.3 is 10.4 Å². The first-order valence-electron chi connectivity index (χ1n) is 6.02. The number of halogens is 3. The lowest BCUT2D eigenvalue weighted by atomic mass is 9.96. The van der Waals surface area contributed by atoms with E-state index in [4.69, 9.17) is 5.11 Å². The number of hydrogen-bond donors (Lipinski definition) is 2. The van der Waals surface area contributed by atoms with Crippen LogP contribution in [0, 0.1) is 5.92 Å². The smallest absolute Gasteiger partial charge is 0.405 e. The molecule has 1 heterocycles. The number of amides is 1. The molecule has 110 valence electrons. The highest BCUT2D eigenvalue weighted by Crippen LogP contribution is 2.19. The molecule has 1 fully saturated rings. The van der Waals surface area contributed by atoms with E-state index in [0.717, 1.165) is 0 Å². The lowest BCUT2D eigenvalue weighted by Crippen LogP contribution is -2.49. The van der Waals surface area contributed by atoms with Crippen molar-refractivity contribution in [3.05, 3.63) is 0 Å². The van der Waals surface area contributed by atoms with Gasteiger partial charge in [-0.3, -0.25) is 14.5 Å². The van der Waals surface area contributed by atoms with E-state index < -0.39 is 36.6 Å². The third-order valence-electron chi connectivity index (χ3n) is 3.19. The second-order valence-corrected chi connectivity index (χ2v) is 4.68. The Morgan fingerprint density at radius 2 is 2.11 bits per heavy atom. The lowest BCUT2D eigenvalue weighted by molar-refractivity contribution is -0.146. The van der Waals surface area contributed by atoms with Crippen LogP contribution < -0.4 is 5.32 Å². The first kappa shape index (κ1) is 15.7. The van der Waals surface area contributed by atoms with E-state index >= 15 is 0 Å². The highest BCUT2D eigenvalue weighted by molar-refractivity contribution is 5.79. The van der Waals surface area contributed by atoms with Crippen LogP contribution in [-0.4, -0.2) is 53.7 Å². The van der Waals surface area contributed by atoms with Gasteiger partial charge in [0.2, 0.25) is 5.91 Å². The molecule has 2 N–H and O–H groups in total. The number of nitrogens with zero attached hydrogens (tertiary/aromatic N) is 1.